The van der Waals surface area contributed by atoms with Gasteiger partial charge in [0.2, 0.25) is 0 Å². The highest BCUT2D eigenvalue weighted by molar-refractivity contribution is 7.69. The molecule has 0 spiro atoms. The molecule has 3 heterocycles. The lowest BCUT2D eigenvalue weighted by molar-refractivity contribution is 0.121. The van der Waals surface area contributed by atoms with Gasteiger partial charge in [-0.05, 0) is 74.1 Å². The number of hydrogen-bond acceptors (Lipinski definition) is 6. The van der Waals surface area contributed by atoms with Crippen molar-refractivity contribution in [3.8, 4) is 28.4 Å². The number of rotatable bonds is 3. The summed E-state index contributed by atoms with van der Waals surface area (Å²) in [5, 5.41) is -0.254. The molecule has 7 heteroatoms. The van der Waals surface area contributed by atoms with Gasteiger partial charge < -0.3 is 14.0 Å². The van der Waals surface area contributed by atoms with Gasteiger partial charge in [0, 0.05) is 29.8 Å². The largest absolute Gasteiger partial charge is 0.478 e. The van der Waals surface area contributed by atoms with Gasteiger partial charge in [-0.15, -0.1) is 0 Å². The second-order valence-electron chi connectivity index (χ2n) is 10.9. The van der Waals surface area contributed by atoms with Crippen LogP contribution < -0.4 is 19.3 Å². The molecular weight excluding hydrogens is 507 g/mol. The van der Waals surface area contributed by atoms with Crippen molar-refractivity contribution in [1.82, 2.24) is 9.80 Å². The molecule has 3 aliphatic rings. The Balaban J connectivity index is 1.49. The molecule has 4 aromatic carbocycles. The van der Waals surface area contributed by atoms with E-state index in [-0.39, 0.29) is 0 Å². The zero-order chi connectivity index (χ0) is 26.8. The van der Waals surface area contributed by atoms with Crippen molar-refractivity contribution >= 4 is 12.7 Å². The number of nitrogens with zero attached hydrogens (tertiary/aromatic N) is 2. The van der Waals surface area contributed by atoms with Gasteiger partial charge in [0.15, 0.2) is 0 Å². The molecule has 0 aromatic heterocycles. The molecule has 0 amide bonds. The smallest absolute Gasteiger partial charge is 0.292 e. The summed E-state index contributed by atoms with van der Waals surface area (Å²) in [4.78, 5) is 4.25. The molecule has 0 saturated heterocycles. The summed E-state index contributed by atoms with van der Waals surface area (Å²) in [6.07, 6.45) is 0. The number of ether oxygens (including phenoxy) is 2. The second-order valence-corrected chi connectivity index (χ2v) is 13.6. The minimum Gasteiger partial charge on any atom is -0.478 e. The maximum absolute atomic E-state index is 15.8. The molecule has 1 unspecified atom stereocenters. The van der Waals surface area contributed by atoms with Crippen molar-refractivity contribution < 1.29 is 18.6 Å². The van der Waals surface area contributed by atoms with Crippen molar-refractivity contribution in [3.63, 3.8) is 0 Å². The van der Waals surface area contributed by atoms with E-state index in [0.717, 1.165) is 63.3 Å². The van der Waals surface area contributed by atoms with Gasteiger partial charge in [0.25, 0.3) is 7.37 Å². The molecule has 0 bridgehead atoms. The van der Waals surface area contributed by atoms with Crippen LogP contribution in [0.2, 0.25) is 0 Å². The maximum atomic E-state index is 15.8. The molecule has 0 aliphatic carbocycles. The van der Waals surface area contributed by atoms with Crippen LogP contribution >= 0.6 is 7.37 Å². The third-order valence-electron chi connectivity index (χ3n) is 8.22. The fourth-order valence-electron chi connectivity index (χ4n) is 6.08. The van der Waals surface area contributed by atoms with E-state index >= 15 is 4.57 Å². The summed E-state index contributed by atoms with van der Waals surface area (Å²) in [5.74, 6) is 2.38. The molecule has 0 N–H and O–H groups in total. The molecule has 4 aromatic rings. The van der Waals surface area contributed by atoms with E-state index in [0.29, 0.717) is 19.2 Å². The zero-order valence-electron chi connectivity index (χ0n) is 22.4. The number of benzene rings is 4. The Morgan fingerprint density at radius 2 is 1.23 bits per heavy atom. The van der Waals surface area contributed by atoms with Crippen LogP contribution in [0.3, 0.4) is 0 Å². The first-order valence-corrected chi connectivity index (χ1v) is 14.9. The molecule has 3 aliphatic heterocycles. The number of fused-ring (bicyclic) bond motifs is 5. The molecule has 1 atom stereocenters. The van der Waals surface area contributed by atoms with Crippen molar-refractivity contribution in [1.29, 1.82) is 0 Å². The predicted molar refractivity (Wildman–Crippen MR) is 153 cm³/mol. The quantitative estimate of drug-likeness (QED) is 0.291. The SMILES string of the molecule is CN1COc2ccc(C(C)(c3ccc4c(c3)CN(C)CO4)P3(=O)Oc4ccccc4-c4ccccc43)cc2C1. The standard InChI is InChI=1S/C32H31N2O4P/c1-32(24-12-14-28-22(16-24)18-33(2)20-36-28,25-13-15-29-23(17-25)19-34(3)21-37-29)39(35)31-11-7-5-9-27(31)26-8-4-6-10-30(26)38-39/h4-17H,18-21H2,1-3H3. The highest BCUT2D eigenvalue weighted by atomic mass is 31.2. The predicted octanol–water partition coefficient (Wildman–Crippen LogP) is 6.18. The zero-order valence-corrected chi connectivity index (χ0v) is 23.3. The molecule has 0 saturated carbocycles. The van der Waals surface area contributed by atoms with Crippen LogP contribution in [0.15, 0.2) is 84.9 Å². The third-order valence-corrected chi connectivity index (χ3v) is 11.4. The van der Waals surface area contributed by atoms with Gasteiger partial charge in [-0.2, -0.15) is 0 Å². The highest BCUT2D eigenvalue weighted by Gasteiger charge is 2.54. The molecule has 6 nitrogen and oxygen atoms in total. The fraction of sp³-hybridized carbons (Fsp3) is 0.250. The number of hydrogen-bond donors (Lipinski definition) is 0. The average molecular weight is 539 g/mol. The van der Waals surface area contributed by atoms with E-state index in [1.54, 1.807) is 0 Å². The molecule has 39 heavy (non-hydrogen) atoms. The van der Waals surface area contributed by atoms with E-state index in [1.807, 2.05) is 68.7 Å². The fourth-order valence-corrected chi connectivity index (χ4v) is 9.03. The van der Waals surface area contributed by atoms with Crippen molar-refractivity contribution in [3.05, 3.63) is 107 Å². The Bertz CT molecular complexity index is 1590. The first-order valence-electron chi connectivity index (χ1n) is 13.2. The van der Waals surface area contributed by atoms with Crippen LogP contribution in [0.25, 0.3) is 11.1 Å². The summed E-state index contributed by atoms with van der Waals surface area (Å²) in [6.45, 7) is 4.68. The molecule has 7 rings (SSSR count). The van der Waals surface area contributed by atoms with Gasteiger partial charge >= 0.3 is 0 Å². The van der Waals surface area contributed by atoms with Gasteiger partial charge in [0.05, 0.1) is 5.30 Å². The third kappa shape index (κ3) is 3.74. The van der Waals surface area contributed by atoms with E-state index < -0.39 is 12.5 Å². The summed E-state index contributed by atoms with van der Waals surface area (Å²) < 4.78 is 34.5. The topological polar surface area (TPSA) is 51.2 Å². The first-order chi connectivity index (χ1) is 18.9. The lowest BCUT2D eigenvalue weighted by Crippen LogP contribution is -2.35. The second kappa shape index (κ2) is 8.99. The molecular formula is C32H31N2O4P. The van der Waals surface area contributed by atoms with Gasteiger partial charge in [-0.3, -0.25) is 14.4 Å². The Labute approximate surface area is 229 Å². The monoisotopic (exact) mass is 538 g/mol. The van der Waals surface area contributed by atoms with E-state index in [1.165, 1.54) is 0 Å². The van der Waals surface area contributed by atoms with Gasteiger partial charge in [-0.1, -0.05) is 48.5 Å². The minimum atomic E-state index is -3.61. The molecule has 0 fully saturated rings. The van der Waals surface area contributed by atoms with Crippen LogP contribution in [0.1, 0.15) is 29.2 Å². The Kier molecular flexibility index (Phi) is 5.64. The summed E-state index contributed by atoms with van der Waals surface area (Å²) in [6, 6.07) is 28.3. The van der Waals surface area contributed by atoms with Crippen molar-refractivity contribution in [2.24, 2.45) is 0 Å². The lowest BCUT2D eigenvalue weighted by Gasteiger charge is -2.42. The Morgan fingerprint density at radius 1 is 0.692 bits per heavy atom. The van der Waals surface area contributed by atoms with Crippen LogP contribution in [-0.2, 0) is 22.8 Å². The van der Waals surface area contributed by atoms with E-state index in [2.05, 4.69) is 47.1 Å². The van der Waals surface area contributed by atoms with E-state index in [4.69, 9.17) is 14.0 Å². The molecule has 198 valence electrons. The first kappa shape index (κ1) is 24.5. The van der Waals surface area contributed by atoms with Crippen LogP contribution in [-0.4, -0.2) is 37.4 Å². The Hall–Kier alpha value is -3.57. The van der Waals surface area contributed by atoms with Gasteiger partial charge in [-0.25, -0.2) is 0 Å². The summed E-state index contributed by atoms with van der Waals surface area (Å²) in [7, 11) is 0.459. The normalized spacial score (nSPS) is 20.4. The summed E-state index contributed by atoms with van der Waals surface area (Å²) >= 11 is 0. The van der Waals surface area contributed by atoms with Crippen molar-refractivity contribution in [2.45, 2.75) is 25.2 Å². The van der Waals surface area contributed by atoms with Crippen LogP contribution in [0.5, 0.6) is 17.2 Å². The van der Waals surface area contributed by atoms with Crippen LogP contribution in [0, 0.1) is 0 Å². The van der Waals surface area contributed by atoms with Crippen LogP contribution in [0.4, 0.5) is 0 Å². The Morgan fingerprint density at radius 3 is 1.85 bits per heavy atom. The minimum absolute atomic E-state index is 0.549. The maximum Gasteiger partial charge on any atom is 0.292 e. The molecule has 0 radical (unpaired) electrons. The lowest BCUT2D eigenvalue weighted by atomic mass is 9.89. The average Bonchev–Trinajstić information content (AvgIpc) is 2.96. The van der Waals surface area contributed by atoms with Gasteiger partial charge in [0.1, 0.15) is 35.9 Å². The number of para-hydroxylation sites is 1. The summed E-state index contributed by atoms with van der Waals surface area (Å²) in [5.41, 5.74) is 5.93. The van der Waals surface area contributed by atoms with Crippen molar-refractivity contribution in [2.75, 3.05) is 27.6 Å². The highest BCUT2D eigenvalue weighted by Crippen LogP contribution is 2.69. The van der Waals surface area contributed by atoms with E-state index in [9.17, 15) is 0 Å².